The number of halogens is 3. The van der Waals surface area contributed by atoms with E-state index in [0.717, 1.165) is 9.87 Å². The van der Waals surface area contributed by atoms with Gasteiger partial charge in [0.1, 0.15) is 6.54 Å². The monoisotopic (exact) mass is 586 g/mol. The molecule has 0 saturated heterocycles. The van der Waals surface area contributed by atoms with Crippen LogP contribution in [0.1, 0.15) is 5.56 Å². The Morgan fingerprint density at radius 2 is 1.76 bits per heavy atom. The normalized spacial score (nSPS) is 11.2. The van der Waals surface area contributed by atoms with Crippen molar-refractivity contribution in [1.29, 1.82) is 0 Å². The van der Waals surface area contributed by atoms with Crippen molar-refractivity contribution in [3.05, 3.63) is 92.9 Å². The highest BCUT2D eigenvalue weighted by atomic mass is 79.9. The van der Waals surface area contributed by atoms with Gasteiger partial charge in [0.15, 0.2) is 0 Å². The molecule has 0 aliphatic carbocycles. The molecule has 0 aliphatic rings. The second-order valence-corrected chi connectivity index (χ2v) is 11.7. The summed E-state index contributed by atoms with van der Waals surface area (Å²) in [6, 6.07) is 20.3. The van der Waals surface area contributed by atoms with Crippen LogP contribution in [0, 0.1) is 0 Å². The molecule has 0 heterocycles. The highest BCUT2D eigenvalue weighted by Gasteiger charge is 2.27. The second-order valence-electron chi connectivity index (χ2n) is 6.94. The molecule has 174 valence electrons. The number of nitrogens with one attached hydrogen (secondary N) is 1. The fraction of sp³-hybridized carbons (Fsp3) is 0.174. The molecular formula is C23H21BrCl2N2O3S2. The number of nitrogens with zero attached hydrogens (tertiary/aromatic N) is 1. The maximum Gasteiger partial charge on any atom is 0.264 e. The van der Waals surface area contributed by atoms with Gasteiger partial charge in [0.2, 0.25) is 5.91 Å². The average Bonchev–Trinajstić information content (AvgIpc) is 2.79. The summed E-state index contributed by atoms with van der Waals surface area (Å²) in [6.07, 6.45) is 0. The minimum absolute atomic E-state index is 0.119. The van der Waals surface area contributed by atoms with Crippen LogP contribution in [0.25, 0.3) is 0 Å². The van der Waals surface area contributed by atoms with E-state index in [1.165, 1.54) is 12.1 Å². The quantitative estimate of drug-likeness (QED) is 0.295. The van der Waals surface area contributed by atoms with Gasteiger partial charge in [0.25, 0.3) is 10.0 Å². The Morgan fingerprint density at radius 1 is 1.00 bits per heavy atom. The van der Waals surface area contributed by atoms with E-state index in [1.807, 2.05) is 6.07 Å². The fourth-order valence-electron chi connectivity index (χ4n) is 2.94. The van der Waals surface area contributed by atoms with E-state index in [1.54, 1.807) is 66.4 Å². The lowest BCUT2D eigenvalue weighted by molar-refractivity contribution is -0.119. The SMILES string of the molecule is O=C(CN(c1cccc(Br)c1)S(=O)(=O)c1ccccc1)NCCSCc1ccc(Cl)cc1Cl. The first-order chi connectivity index (χ1) is 15.8. The molecule has 3 rings (SSSR count). The van der Waals surface area contributed by atoms with Crippen LogP contribution in [0.15, 0.2) is 82.2 Å². The summed E-state index contributed by atoms with van der Waals surface area (Å²) in [6.45, 7) is 0.0633. The minimum Gasteiger partial charge on any atom is -0.354 e. The van der Waals surface area contributed by atoms with Crippen molar-refractivity contribution in [2.24, 2.45) is 0 Å². The van der Waals surface area contributed by atoms with E-state index in [-0.39, 0.29) is 17.3 Å². The molecule has 0 spiro atoms. The third-order valence-corrected chi connectivity index (χ3v) is 8.43. The lowest BCUT2D eigenvalue weighted by atomic mass is 10.2. The van der Waals surface area contributed by atoms with Crippen LogP contribution in [-0.2, 0) is 20.6 Å². The van der Waals surface area contributed by atoms with Crippen LogP contribution in [0.4, 0.5) is 5.69 Å². The number of hydrogen-bond donors (Lipinski definition) is 1. The van der Waals surface area contributed by atoms with Gasteiger partial charge in [-0.2, -0.15) is 11.8 Å². The number of anilines is 1. The van der Waals surface area contributed by atoms with Crippen LogP contribution in [0.2, 0.25) is 10.0 Å². The van der Waals surface area contributed by atoms with Crippen molar-refractivity contribution in [3.8, 4) is 0 Å². The van der Waals surface area contributed by atoms with Crippen LogP contribution >= 0.6 is 50.9 Å². The van der Waals surface area contributed by atoms with E-state index in [0.29, 0.717) is 38.3 Å². The standard InChI is InChI=1S/C23H21BrCl2N2O3S2/c24-18-5-4-6-20(13-18)28(33(30,31)21-7-2-1-3-8-21)15-23(29)27-11-12-32-16-17-9-10-19(25)14-22(17)26/h1-10,13-14H,11-12,15-16H2,(H,27,29). The van der Waals surface area contributed by atoms with Crippen molar-refractivity contribution in [2.75, 3.05) is 23.1 Å². The lowest BCUT2D eigenvalue weighted by Gasteiger charge is -2.24. The molecule has 0 aromatic heterocycles. The van der Waals surface area contributed by atoms with Crippen LogP contribution in [-0.4, -0.2) is 33.2 Å². The Labute approximate surface area is 216 Å². The number of thioether (sulfide) groups is 1. The molecule has 33 heavy (non-hydrogen) atoms. The molecule has 3 aromatic carbocycles. The van der Waals surface area contributed by atoms with Crippen molar-refractivity contribution in [3.63, 3.8) is 0 Å². The predicted octanol–water partition coefficient (Wildman–Crippen LogP) is 6.00. The number of rotatable bonds is 10. The van der Waals surface area contributed by atoms with E-state index in [9.17, 15) is 13.2 Å². The van der Waals surface area contributed by atoms with Gasteiger partial charge in [-0.3, -0.25) is 9.10 Å². The van der Waals surface area contributed by atoms with Gasteiger partial charge < -0.3 is 5.32 Å². The van der Waals surface area contributed by atoms with E-state index < -0.39 is 10.0 Å². The molecule has 0 unspecified atom stereocenters. The fourth-order valence-corrected chi connectivity index (χ4v) is 6.17. The van der Waals surface area contributed by atoms with Crippen LogP contribution in [0.3, 0.4) is 0 Å². The van der Waals surface area contributed by atoms with Gasteiger partial charge in [0.05, 0.1) is 10.6 Å². The summed E-state index contributed by atoms with van der Waals surface area (Å²) in [5, 5.41) is 3.99. The number of carbonyl (C=O) groups is 1. The molecule has 5 nitrogen and oxygen atoms in total. The molecule has 0 fully saturated rings. The molecule has 10 heteroatoms. The molecule has 1 amide bonds. The average molecular weight is 588 g/mol. The molecule has 0 aliphatic heterocycles. The number of hydrogen-bond acceptors (Lipinski definition) is 4. The number of amides is 1. The maximum absolute atomic E-state index is 13.3. The second kappa shape index (κ2) is 12.1. The number of carbonyl (C=O) groups excluding carboxylic acids is 1. The zero-order chi connectivity index (χ0) is 23.8. The molecular weight excluding hydrogens is 567 g/mol. The van der Waals surface area contributed by atoms with Crippen molar-refractivity contribution in [1.82, 2.24) is 5.32 Å². The van der Waals surface area contributed by atoms with Crippen LogP contribution in [0.5, 0.6) is 0 Å². The smallest absolute Gasteiger partial charge is 0.264 e. The summed E-state index contributed by atoms with van der Waals surface area (Å²) in [5.41, 5.74) is 1.36. The zero-order valence-corrected chi connectivity index (χ0v) is 22.1. The largest absolute Gasteiger partial charge is 0.354 e. The first-order valence-electron chi connectivity index (χ1n) is 9.89. The molecule has 0 bridgehead atoms. The zero-order valence-electron chi connectivity index (χ0n) is 17.4. The third kappa shape index (κ3) is 7.39. The van der Waals surface area contributed by atoms with Crippen LogP contribution < -0.4 is 9.62 Å². The third-order valence-electron chi connectivity index (χ3n) is 4.56. The van der Waals surface area contributed by atoms with Gasteiger partial charge >= 0.3 is 0 Å². The van der Waals surface area contributed by atoms with Crippen molar-refractivity contribution in [2.45, 2.75) is 10.6 Å². The Balaban J connectivity index is 1.62. The Morgan fingerprint density at radius 3 is 2.45 bits per heavy atom. The Bertz CT molecular complexity index is 1210. The number of benzene rings is 3. The van der Waals surface area contributed by atoms with Gasteiger partial charge in [-0.1, -0.05) is 69.5 Å². The predicted molar refractivity (Wildman–Crippen MR) is 141 cm³/mol. The summed E-state index contributed by atoms with van der Waals surface area (Å²) in [4.78, 5) is 12.8. The summed E-state index contributed by atoms with van der Waals surface area (Å²) in [5.74, 6) is 0.936. The molecule has 1 N–H and O–H groups in total. The highest BCUT2D eigenvalue weighted by molar-refractivity contribution is 9.10. The number of sulfonamides is 1. The van der Waals surface area contributed by atoms with Gasteiger partial charge in [-0.15, -0.1) is 0 Å². The Hall–Kier alpha value is -1.71. The van der Waals surface area contributed by atoms with Gasteiger partial charge in [0, 0.05) is 32.6 Å². The minimum atomic E-state index is -3.92. The molecule has 0 saturated carbocycles. The molecule has 3 aromatic rings. The Kier molecular flexibility index (Phi) is 9.52. The first-order valence-corrected chi connectivity index (χ1v) is 14.0. The van der Waals surface area contributed by atoms with E-state index in [4.69, 9.17) is 23.2 Å². The van der Waals surface area contributed by atoms with E-state index in [2.05, 4.69) is 21.2 Å². The highest BCUT2D eigenvalue weighted by Crippen LogP contribution is 2.26. The molecule has 0 atom stereocenters. The summed E-state index contributed by atoms with van der Waals surface area (Å²) in [7, 11) is -3.92. The van der Waals surface area contributed by atoms with Gasteiger partial charge in [-0.25, -0.2) is 8.42 Å². The maximum atomic E-state index is 13.3. The van der Waals surface area contributed by atoms with E-state index >= 15 is 0 Å². The topological polar surface area (TPSA) is 66.5 Å². The summed E-state index contributed by atoms with van der Waals surface area (Å²) >= 11 is 17.1. The lowest BCUT2D eigenvalue weighted by Crippen LogP contribution is -2.41. The van der Waals surface area contributed by atoms with Crippen molar-refractivity contribution < 1.29 is 13.2 Å². The summed E-state index contributed by atoms with van der Waals surface area (Å²) < 4.78 is 28.4. The van der Waals surface area contributed by atoms with Gasteiger partial charge in [-0.05, 0) is 48.0 Å². The first kappa shape index (κ1) is 25.9. The van der Waals surface area contributed by atoms with Crippen molar-refractivity contribution >= 4 is 72.5 Å². The molecule has 0 radical (unpaired) electrons.